The predicted molar refractivity (Wildman–Crippen MR) is 80.9 cm³/mol. The van der Waals surface area contributed by atoms with Crippen LogP contribution in [-0.4, -0.2) is 40.2 Å². The Kier molecular flexibility index (Phi) is 4.44. The zero-order chi connectivity index (χ0) is 18.1. The lowest BCUT2D eigenvalue weighted by atomic mass is 10.1. The lowest BCUT2D eigenvalue weighted by molar-refractivity contribution is 0.0696. The van der Waals surface area contributed by atoms with Crippen LogP contribution in [0.5, 0.6) is 11.5 Å². The first kappa shape index (κ1) is 17.2. The Morgan fingerprint density at radius 1 is 1.04 bits per heavy atom. The van der Waals surface area contributed by atoms with Gasteiger partial charge in [-0.2, -0.15) is 8.42 Å². The molecule has 0 heterocycles. The standard InChI is InChI=1S/C14H11NO8S/c16-9-5-10(12(17)11(6-9)24(21,22)23)13(18)15-8-3-1-2-7(4-8)14(19)20/h1-6,16-17H,(H,15,18)(H,19,20)(H,21,22,23). The van der Waals surface area contributed by atoms with Gasteiger partial charge in [0, 0.05) is 11.8 Å². The first-order chi connectivity index (χ1) is 11.1. The molecule has 24 heavy (non-hydrogen) atoms. The van der Waals surface area contributed by atoms with Gasteiger partial charge in [-0.1, -0.05) is 6.07 Å². The second-order valence-corrected chi connectivity index (χ2v) is 6.05. The van der Waals surface area contributed by atoms with Crippen molar-refractivity contribution in [3.05, 3.63) is 47.5 Å². The van der Waals surface area contributed by atoms with Crippen LogP contribution in [0.15, 0.2) is 41.3 Å². The second kappa shape index (κ2) is 6.18. The number of hydrogen-bond acceptors (Lipinski definition) is 6. The van der Waals surface area contributed by atoms with E-state index in [1.807, 2.05) is 0 Å². The average Bonchev–Trinajstić information content (AvgIpc) is 2.48. The van der Waals surface area contributed by atoms with E-state index in [4.69, 9.17) is 9.66 Å². The Morgan fingerprint density at radius 2 is 1.71 bits per heavy atom. The van der Waals surface area contributed by atoms with Crippen molar-refractivity contribution < 1.29 is 37.9 Å². The van der Waals surface area contributed by atoms with Crippen LogP contribution in [0.1, 0.15) is 20.7 Å². The average molecular weight is 353 g/mol. The first-order valence-corrected chi connectivity index (χ1v) is 7.72. The summed E-state index contributed by atoms with van der Waals surface area (Å²) in [5.41, 5.74) is -0.661. The van der Waals surface area contributed by atoms with Gasteiger partial charge in [-0.05, 0) is 24.3 Å². The van der Waals surface area contributed by atoms with Crippen molar-refractivity contribution in [1.82, 2.24) is 0 Å². The number of phenolic OH excluding ortho intramolecular Hbond substituents is 2. The molecule has 2 rings (SSSR count). The van der Waals surface area contributed by atoms with E-state index < -0.39 is 44.0 Å². The molecule has 0 spiro atoms. The van der Waals surface area contributed by atoms with Gasteiger partial charge in [0.25, 0.3) is 16.0 Å². The van der Waals surface area contributed by atoms with Gasteiger partial charge in [0.15, 0.2) is 0 Å². The predicted octanol–water partition coefficient (Wildman–Crippen LogP) is 1.29. The summed E-state index contributed by atoms with van der Waals surface area (Å²) in [5, 5.41) is 30.4. The molecule has 2 aromatic rings. The maximum Gasteiger partial charge on any atom is 0.335 e. The molecule has 0 radical (unpaired) electrons. The highest BCUT2D eigenvalue weighted by Crippen LogP contribution is 2.31. The molecule has 0 aliphatic heterocycles. The zero-order valence-electron chi connectivity index (χ0n) is 11.8. The number of aromatic carboxylic acids is 1. The second-order valence-electron chi connectivity index (χ2n) is 4.66. The number of nitrogens with one attached hydrogen (secondary N) is 1. The van der Waals surface area contributed by atoms with Gasteiger partial charge in [-0.3, -0.25) is 9.35 Å². The molecule has 126 valence electrons. The molecule has 1 amide bonds. The van der Waals surface area contributed by atoms with E-state index in [2.05, 4.69) is 5.32 Å². The topological polar surface area (TPSA) is 161 Å². The van der Waals surface area contributed by atoms with Crippen LogP contribution in [0.4, 0.5) is 5.69 Å². The Bertz CT molecular complexity index is 936. The third-order valence-corrected chi connectivity index (χ3v) is 3.82. The number of phenols is 2. The van der Waals surface area contributed by atoms with E-state index >= 15 is 0 Å². The summed E-state index contributed by atoms with van der Waals surface area (Å²) in [6, 6.07) is 6.54. The van der Waals surface area contributed by atoms with Gasteiger partial charge in [0.1, 0.15) is 16.4 Å². The van der Waals surface area contributed by atoms with Crippen LogP contribution in [0.3, 0.4) is 0 Å². The van der Waals surface area contributed by atoms with Crippen LogP contribution in [0.25, 0.3) is 0 Å². The lowest BCUT2D eigenvalue weighted by Gasteiger charge is -2.10. The molecule has 0 aliphatic carbocycles. The monoisotopic (exact) mass is 353 g/mol. The molecular weight excluding hydrogens is 342 g/mol. The van der Waals surface area contributed by atoms with Crippen LogP contribution in [-0.2, 0) is 10.1 Å². The minimum atomic E-state index is -4.87. The SMILES string of the molecule is O=C(O)c1cccc(NC(=O)c2cc(O)cc(S(=O)(=O)O)c2O)c1. The van der Waals surface area contributed by atoms with E-state index in [1.54, 1.807) is 0 Å². The third-order valence-electron chi connectivity index (χ3n) is 2.95. The number of amides is 1. The molecule has 0 aliphatic rings. The summed E-state index contributed by atoms with van der Waals surface area (Å²) >= 11 is 0. The number of anilines is 1. The van der Waals surface area contributed by atoms with E-state index in [0.717, 1.165) is 12.1 Å². The number of hydrogen-bond donors (Lipinski definition) is 5. The summed E-state index contributed by atoms with van der Waals surface area (Å²) in [7, 11) is -4.87. The lowest BCUT2D eigenvalue weighted by Crippen LogP contribution is -2.14. The van der Waals surface area contributed by atoms with Crippen molar-refractivity contribution in [3.8, 4) is 11.5 Å². The molecular formula is C14H11NO8S. The Labute approximate surface area is 135 Å². The number of benzene rings is 2. The molecule has 0 saturated heterocycles. The zero-order valence-corrected chi connectivity index (χ0v) is 12.6. The summed E-state index contributed by atoms with van der Waals surface area (Å²) < 4.78 is 31.3. The van der Waals surface area contributed by atoms with Crippen molar-refractivity contribution in [2.75, 3.05) is 5.32 Å². The first-order valence-electron chi connectivity index (χ1n) is 6.28. The highest BCUT2D eigenvalue weighted by Gasteiger charge is 2.23. The van der Waals surface area contributed by atoms with Crippen LogP contribution in [0, 0.1) is 0 Å². The van der Waals surface area contributed by atoms with Crippen LogP contribution < -0.4 is 5.32 Å². The summed E-state index contributed by atoms with van der Waals surface area (Å²) in [4.78, 5) is 22.0. The maximum atomic E-state index is 12.1. The Morgan fingerprint density at radius 3 is 2.29 bits per heavy atom. The third kappa shape index (κ3) is 3.62. The molecule has 0 unspecified atom stereocenters. The van der Waals surface area contributed by atoms with Crippen molar-refractivity contribution in [1.29, 1.82) is 0 Å². The van der Waals surface area contributed by atoms with Crippen molar-refractivity contribution >= 4 is 27.7 Å². The number of carbonyl (C=O) groups is 2. The van der Waals surface area contributed by atoms with Gasteiger partial charge in [0.2, 0.25) is 0 Å². The summed E-state index contributed by atoms with van der Waals surface area (Å²) in [6.07, 6.45) is 0. The molecule has 9 nitrogen and oxygen atoms in total. The Hall–Kier alpha value is -3.11. The quantitative estimate of drug-likeness (QED) is 0.406. The minimum Gasteiger partial charge on any atom is -0.508 e. The molecule has 2 aromatic carbocycles. The van der Waals surface area contributed by atoms with Gasteiger partial charge in [-0.15, -0.1) is 0 Å². The fourth-order valence-electron chi connectivity index (χ4n) is 1.89. The fraction of sp³-hybridized carbons (Fsp3) is 0. The van der Waals surface area contributed by atoms with Crippen LogP contribution in [0.2, 0.25) is 0 Å². The fourth-order valence-corrected chi connectivity index (χ4v) is 2.52. The molecule has 0 bridgehead atoms. The van der Waals surface area contributed by atoms with E-state index in [9.17, 15) is 28.2 Å². The molecule has 0 atom stereocenters. The smallest absolute Gasteiger partial charge is 0.335 e. The van der Waals surface area contributed by atoms with E-state index in [0.29, 0.717) is 6.07 Å². The van der Waals surface area contributed by atoms with Crippen molar-refractivity contribution in [2.24, 2.45) is 0 Å². The molecule has 10 heteroatoms. The molecule has 0 fully saturated rings. The largest absolute Gasteiger partial charge is 0.508 e. The Balaban J connectivity index is 2.42. The maximum absolute atomic E-state index is 12.1. The highest BCUT2D eigenvalue weighted by atomic mass is 32.2. The minimum absolute atomic E-state index is 0.0658. The normalized spacial score (nSPS) is 11.0. The number of carboxylic acid groups (broad SMARTS) is 1. The van der Waals surface area contributed by atoms with Crippen molar-refractivity contribution in [2.45, 2.75) is 4.90 Å². The molecule has 5 N–H and O–H groups in total. The van der Waals surface area contributed by atoms with E-state index in [-0.39, 0.29) is 11.3 Å². The van der Waals surface area contributed by atoms with Crippen LogP contribution >= 0.6 is 0 Å². The highest BCUT2D eigenvalue weighted by molar-refractivity contribution is 7.86. The van der Waals surface area contributed by atoms with Gasteiger partial charge >= 0.3 is 5.97 Å². The number of carboxylic acids is 1. The number of carbonyl (C=O) groups excluding carboxylic acids is 1. The molecule has 0 aromatic heterocycles. The summed E-state index contributed by atoms with van der Waals surface area (Å²) in [6.45, 7) is 0. The van der Waals surface area contributed by atoms with Crippen molar-refractivity contribution in [3.63, 3.8) is 0 Å². The number of rotatable bonds is 4. The number of aromatic hydroxyl groups is 2. The van der Waals surface area contributed by atoms with E-state index in [1.165, 1.54) is 18.2 Å². The van der Waals surface area contributed by atoms with Gasteiger partial charge < -0.3 is 20.6 Å². The van der Waals surface area contributed by atoms with Gasteiger partial charge in [-0.25, -0.2) is 4.79 Å². The summed E-state index contributed by atoms with van der Waals surface area (Å²) in [5.74, 6) is -3.97. The molecule has 0 saturated carbocycles. The van der Waals surface area contributed by atoms with Gasteiger partial charge in [0.05, 0.1) is 11.1 Å².